The molecule has 0 aliphatic carbocycles. The molecule has 2 N–H and O–H groups in total. The highest BCUT2D eigenvalue weighted by molar-refractivity contribution is 5.79. The highest BCUT2D eigenvalue weighted by Crippen LogP contribution is 2.31. The smallest absolute Gasteiger partial charge is 0.106 e. The van der Waals surface area contributed by atoms with Gasteiger partial charge in [-0.2, -0.15) is 0 Å². The summed E-state index contributed by atoms with van der Waals surface area (Å²) in [4.78, 5) is 7.10. The van der Waals surface area contributed by atoms with E-state index in [-0.39, 0.29) is 0 Å². The topological polar surface area (TPSA) is 47.1 Å². The Morgan fingerprint density at radius 3 is 2.89 bits per heavy atom. The van der Waals surface area contributed by atoms with Crippen LogP contribution in [0.2, 0.25) is 0 Å². The Morgan fingerprint density at radius 1 is 1.37 bits per heavy atom. The zero-order chi connectivity index (χ0) is 13.6. The molecule has 2 aromatic rings. The van der Waals surface area contributed by atoms with E-state index >= 15 is 0 Å². The summed E-state index contributed by atoms with van der Waals surface area (Å²) in [5, 5.41) is 0. The van der Waals surface area contributed by atoms with Gasteiger partial charge in [-0.3, -0.25) is 0 Å². The third kappa shape index (κ3) is 2.10. The summed E-state index contributed by atoms with van der Waals surface area (Å²) in [5.74, 6) is 1.10. The average molecular weight is 258 g/mol. The lowest BCUT2D eigenvalue weighted by atomic mass is 9.98. The van der Waals surface area contributed by atoms with Crippen molar-refractivity contribution >= 4 is 16.7 Å². The van der Waals surface area contributed by atoms with E-state index in [2.05, 4.69) is 41.4 Å². The van der Waals surface area contributed by atoms with Gasteiger partial charge in [0.15, 0.2) is 0 Å². The van der Waals surface area contributed by atoms with Crippen LogP contribution in [-0.2, 0) is 0 Å². The molecular formula is C15H22N4. The number of aryl methyl sites for hydroxylation is 1. The predicted octanol–water partition coefficient (Wildman–Crippen LogP) is 2.58. The lowest BCUT2D eigenvalue weighted by Gasteiger charge is -2.36. The number of hydrogen-bond acceptors (Lipinski definition) is 3. The first-order valence-electron chi connectivity index (χ1n) is 7.00. The Balaban J connectivity index is 2.03. The van der Waals surface area contributed by atoms with E-state index in [9.17, 15) is 0 Å². The van der Waals surface area contributed by atoms with Gasteiger partial charge in [0.1, 0.15) is 5.82 Å². The number of benzene rings is 1. The molecule has 2 atom stereocenters. The van der Waals surface area contributed by atoms with Crippen LogP contribution in [0.5, 0.6) is 0 Å². The molecule has 2 heterocycles. The number of hydrogen-bond donors (Lipinski definition) is 1. The first kappa shape index (κ1) is 12.5. The number of nitrogen functional groups attached to an aromatic ring is 1. The molecule has 1 aliphatic heterocycles. The lowest BCUT2D eigenvalue weighted by molar-refractivity contribution is 0.157. The van der Waals surface area contributed by atoms with Crippen LogP contribution in [0.3, 0.4) is 0 Å². The maximum atomic E-state index is 5.85. The molecular weight excluding hydrogens is 236 g/mol. The highest BCUT2D eigenvalue weighted by atomic mass is 15.2. The van der Waals surface area contributed by atoms with Gasteiger partial charge < -0.3 is 15.2 Å². The molecule has 0 bridgehead atoms. The van der Waals surface area contributed by atoms with Gasteiger partial charge in [0.05, 0.1) is 11.0 Å². The normalized spacial score (nSPS) is 25.0. The van der Waals surface area contributed by atoms with Crippen molar-refractivity contribution in [1.29, 1.82) is 0 Å². The zero-order valence-electron chi connectivity index (χ0n) is 11.9. The number of nitrogens with two attached hydrogens (primary N) is 1. The molecule has 1 aliphatic rings. The molecule has 3 rings (SSSR count). The predicted molar refractivity (Wildman–Crippen MR) is 79.2 cm³/mol. The molecule has 1 aromatic heterocycles. The number of rotatable bonds is 1. The van der Waals surface area contributed by atoms with Gasteiger partial charge in [0.2, 0.25) is 0 Å². The largest absolute Gasteiger partial charge is 0.399 e. The molecule has 2 unspecified atom stereocenters. The van der Waals surface area contributed by atoms with Crippen LogP contribution in [-0.4, -0.2) is 34.1 Å². The highest BCUT2D eigenvalue weighted by Gasteiger charge is 2.26. The first-order valence-corrected chi connectivity index (χ1v) is 7.00. The maximum absolute atomic E-state index is 5.85. The van der Waals surface area contributed by atoms with E-state index in [4.69, 9.17) is 5.73 Å². The van der Waals surface area contributed by atoms with E-state index in [0.29, 0.717) is 12.1 Å². The van der Waals surface area contributed by atoms with E-state index < -0.39 is 0 Å². The van der Waals surface area contributed by atoms with E-state index in [1.807, 2.05) is 12.1 Å². The molecule has 1 fully saturated rings. The average Bonchev–Trinajstić information content (AvgIpc) is 2.68. The molecule has 0 saturated carbocycles. The third-order valence-corrected chi connectivity index (χ3v) is 4.44. The summed E-state index contributed by atoms with van der Waals surface area (Å²) in [6.45, 7) is 5.55. The van der Waals surface area contributed by atoms with Gasteiger partial charge in [-0.1, -0.05) is 0 Å². The summed E-state index contributed by atoms with van der Waals surface area (Å²) in [6.07, 6.45) is 2.38. The van der Waals surface area contributed by atoms with Crippen LogP contribution in [0.15, 0.2) is 18.2 Å². The second kappa shape index (κ2) is 4.53. The summed E-state index contributed by atoms with van der Waals surface area (Å²) in [7, 11) is 2.21. The van der Waals surface area contributed by atoms with Crippen LogP contribution in [0.4, 0.5) is 5.69 Å². The summed E-state index contributed by atoms with van der Waals surface area (Å²) in [6, 6.07) is 7.23. The van der Waals surface area contributed by atoms with Gasteiger partial charge >= 0.3 is 0 Å². The molecule has 102 valence electrons. The van der Waals surface area contributed by atoms with Crippen LogP contribution in [0, 0.1) is 6.92 Å². The fourth-order valence-electron chi connectivity index (χ4n) is 3.20. The fourth-order valence-corrected chi connectivity index (χ4v) is 3.20. The number of anilines is 1. The molecule has 4 nitrogen and oxygen atoms in total. The molecule has 1 aromatic carbocycles. The number of nitrogens with zero attached hydrogens (tertiary/aromatic N) is 3. The number of fused-ring (bicyclic) bond motifs is 1. The number of piperidine rings is 1. The Morgan fingerprint density at radius 2 is 2.16 bits per heavy atom. The monoisotopic (exact) mass is 258 g/mol. The van der Waals surface area contributed by atoms with Crippen molar-refractivity contribution < 1.29 is 0 Å². The Bertz CT molecular complexity index is 601. The van der Waals surface area contributed by atoms with Crippen molar-refractivity contribution in [3.63, 3.8) is 0 Å². The van der Waals surface area contributed by atoms with Crippen molar-refractivity contribution in [2.75, 3.05) is 19.3 Å². The van der Waals surface area contributed by atoms with Crippen LogP contribution >= 0.6 is 0 Å². The molecule has 0 amide bonds. The van der Waals surface area contributed by atoms with Crippen molar-refractivity contribution in [2.24, 2.45) is 0 Å². The molecule has 0 radical (unpaired) electrons. The Hall–Kier alpha value is -1.55. The first-order chi connectivity index (χ1) is 9.06. The van der Waals surface area contributed by atoms with Gasteiger partial charge in [-0.15, -0.1) is 0 Å². The van der Waals surface area contributed by atoms with E-state index in [1.165, 1.54) is 18.4 Å². The zero-order valence-corrected chi connectivity index (χ0v) is 11.9. The number of imidazole rings is 1. The van der Waals surface area contributed by atoms with Gasteiger partial charge in [-0.05, 0) is 51.9 Å². The van der Waals surface area contributed by atoms with E-state index in [0.717, 1.165) is 23.6 Å². The maximum Gasteiger partial charge on any atom is 0.106 e. The number of likely N-dealkylation sites (tertiary alicyclic amines) is 1. The second-order valence-corrected chi connectivity index (χ2v) is 5.79. The minimum Gasteiger partial charge on any atom is -0.399 e. The van der Waals surface area contributed by atoms with Gasteiger partial charge in [0.25, 0.3) is 0 Å². The molecule has 0 spiro atoms. The third-order valence-electron chi connectivity index (χ3n) is 4.44. The Labute approximate surface area is 114 Å². The number of aromatic nitrogens is 2. The second-order valence-electron chi connectivity index (χ2n) is 5.79. The van der Waals surface area contributed by atoms with Crippen molar-refractivity contribution in [3.05, 3.63) is 24.0 Å². The van der Waals surface area contributed by atoms with Crippen molar-refractivity contribution in [2.45, 2.75) is 38.8 Å². The van der Waals surface area contributed by atoms with Gasteiger partial charge in [-0.25, -0.2) is 4.98 Å². The minimum atomic E-state index is 0.555. The van der Waals surface area contributed by atoms with Gasteiger partial charge in [0, 0.05) is 24.3 Å². The Kier molecular flexibility index (Phi) is 2.97. The van der Waals surface area contributed by atoms with Crippen LogP contribution in [0.1, 0.15) is 31.6 Å². The summed E-state index contributed by atoms with van der Waals surface area (Å²) >= 11 is 0. The summed E-state index contributed by atoms with van der Waals surface area (Å²) < 4.78 is 2.40. The van der Waals surface area contributed by atoms with Crippen molar-refractivity contribution in [3.8, 4) is 0 Å². The minimum absolute atomic E-state index is 0.555. The fraction of sp³-hybridized carbons (Fsp3) is 0.533. The van der Waals surface area contributed by atoms with Crippen LogP contribution in [0.25, 0.3) is 11.0 Å². The SMILES string of the molecule is Cc1nc2cc(N)ccc2n1C1CCN(C)C(C)C1. The molecule has 4 heteroatoms. The summed E-state index contributed by atoms with van der Waals surface area (Å²) in [5.41, 5.74) is 8.87. The standard InChI is InChI=1S/C15H22N4/c1-10-8-13(6-7-18(10)3)19-11(2)17-14-9-12(16)4-5-15(14)19/h4-5,9-10,13H,6-8,16H2,1-3H3. The van der Waals surface area contributed by atoms with Crippen molar-refractivity contribution in [1.82, 2.24) is 14.5 Å². The molecule has 19 heavy (non-hydrogen) atoms. The quantitative estimate of drug-likeness (QED) is 0.800. The van der Waals surface area contributed by atoms with E-state index in [1.54, 1.807) is 0 Å². The van der Waals surface area contributed by atoms with Crippen LogP contribution < -0.4 is 5.73 Å². The molecule has 1 saturated heterocycles. The lowest BCUT2D eigenvalue weighted by Crippen LogP contribution is -2.38.